The van der Waals surface area contributed by atoms with E-state index in [1.54, 1.807) is 0 Å². The number of ether oxygens (including phenoxy) is 4. The van der Waals surface area contributed by atoms with Gasteiger partial charge < -0.3 is 28.5 Å². The standard InChI is InChI=1S/C84H157NO8/c1-6-8-10-12-14-16-18-20-22-24-26-28-30-32-34-35-36-37-38-39-40-41-42-43-44-45-46-47-49-51-53-55-57-59-61-63-65-67-69-71-73-75-82(87)93-80(79-92-84(83(88)89)90-77-76-85(3,4)5)78-91-81(86)74-72-70-68-66-64-62-60-58-56-54-52-50-48-33-31-29-27-25-23-21-19-17-15-13-11-9-7-2/h18,20,24-27,30,32,80,84H,6-17,19,21-23,28-29,31,33-79H2,1-5H3/p+1/b20-18-,26-24-,27-25-,32-30-. The SMILES string of the molecule is CCCCCCC/C=C\C/C=C\C/C=C\CCCCCCCCCCCCCCCCCCCCCCCCCCCCC(=O)OC(COC(=O)CCCCCCCCCCCCCCCCC/C=C\CCCCCCCCCC)COC(OCC[N+](C)(C)C)C(=O)O. The van der Waals surface area contributed by atoms with Crippen molar-refractivity contribution in [1.29, 1.82) is 0 Å². The van der Waals surface area contributed by atoms with Crippen molar-refractivity contribution in [2.24, 2.45) is 0 Å². The smallest absolute Gasteiger partial charge is 0.361 e. The minimum atomic E-state index is -1.51. The van der Waals surface area contributed by atoms with Crippen molar-refractivity contribution in [3.8, 4) is 0 Å². The van der Waals surface area contributed by atoms with Crippen LogP contribution in [-0.2, 0) is 33.3 Å². The molecule has 0 aromatic carbocycles. The summed E-state index contributed by atoms with van der Waals surface area (Å²) in [5.41, 5.74) is 0. The second-order valence-corrected chi connectivity index (χ2v) is 29.1. The van der Waals surface area contributed by atoms with Gasteiger partial charge in [-0.15, -0.1) is 0 Å². The number of aliphatic carboxylic acids is 1. The number of unbranched alkanes of at least 4 members (excludes halogenated alkanes) is 54. The number of carbonyl (C=O) groups is 3. The number of hydrogen-bond donors (Lipinski definition) is 1. The highest BCUT2D eigenvalue weighted by Gasteiger charge is 2.25. The van der Waals surface area contributed by atoms with E-state index in [0.717, 1.165) is 51.4 Å². The molecular formula is C84H158NO8+. The maximum absolute atomic E-state index is 13.0. The maximum atomic E-state index is 13.0. The molecule has 0 bridgehead atoms. The van der Waals surface area contributed by atoms with Gasteiger partial charge in [0.1, 0.15) is 13.2 Å². The maximum Gasteiger partial charge on any atom is 0.361 e. The van der Waals surface area contributed by atoms with Gasteiger partial charge in [0.25, 0.3) is 6.29 Å². The van der Waals surface area contributed by atoms with E-state index >= 15 is 0 Å². The summed E-state index contributed by atoms with van der Waals surface area (Å²) >= 11 is 0. The van der Waals surface area contributed by atoms with Crippen LogP contribution >= 0.6 is 0 Å². The molecule has 0 heterocycles. The van der Waals surface area contributed by atoms with E-state index < -0.39 is 18.4 Å². The zero-order valence-corrected chi connectivity index (χ0v) is 62.7. The minimum Gasteiger partial charge on any atom is -0.477 e. The van der Waals surface area contributed by atoms with Crippen LogP contribution in [0.4, 0.5) is 0 Å². The normalized spacial score (nSPS) is 12.8. The van der Waals surface area contributed by atoms with E-state index in [9.17, 15) is 19.5 Å². The van der Waals surface area contributed by atoms with E-state index in [1.165, 1.54) is 334 Å². The number of likely N-dealkylation sites (N-methyl/N-ethyl adjacent to an activating group) is 1. The summed E-state index contributed by atoms with van der Waals surface area (Å²) in [6.45, 7) is 4.94. The summed E-state index contributed by atoms with van der Waals surface area (Å²) in [6, 6.07) is 0. The molecule has 0 spiro atoms. The minimum absolute atomic E-state index is 0.176. The molecule has 2 unspecified atom stereocenters. The molecule has 9 heteroatoms. The highest BCUT2D eigenvalue weighted by Crippen LogP contribution is 2.20. The first kappa shape index (κ1) is 90.2. The van der Waals surface area contributed by atoms with E-state index in [-0.39, 0.29) is 38.2 Å². The van der Waals surface area contributed by atoms with Crippen molar-refractivity contribution >= 4 is 17.9 Å². The van der Waals surface area contributed by atoms with E-state index in [4.69, 9.17) is 18.9 Å². The fourth-order valence-corrected chi connectivity index (χ4v) is 12.3. The third kappa shape index (κ3) is 76.5. The van der Waals surface area contributed by atoms with Crippen LogP contribution in [-0.4, -0.2) is 87.4 Å². The Labute approximate surface area is 578 Å². The van der Waals surface area contributed by atoms with Gasteiger partial charge in [0.2, 0.25) is 0 Å². The van der Waals surface area contributed by atoms with Gasteiger partial charge in [-0.05, 0) is 77.0 Å². The zero-order valence-electron chi connectivity index (χ0n) is 62.7. The Hall–Kier alpha value is -2.75. The summed E-state index contributed by atoms with van der Waals surface area (Å²) in [6.07, 6.45) is 95.6. The molecule has 93 heavy (non-hydrogen) atoms. The number of hydrogen-bond acceptors (Lipinski definition) is 7. The highest BCUT2D eigenvalue weighted by molar-refractivity contribution is 5.71. The third-order valence-corrected chi connectivity index (χ3v) is 18.6. The largest absolute Gasteiger partial charge is 0.477 e. The van der Waals surface area contributed by atoms with Crippen LogP contribution in [0, 0.1) is 0 Å². The Morgan fingerprint density at radius 3 is 0.871 bits per heavy atom. The second-order valence-electron chi connectivity index (χ2n) is 29.1. The molecule has 0 saturated heterocycles. The first-order chi connectivity index (χ1) is 45.6. The Bertz CT molecular complexity index is 1670. The van der Waals surface area contributed by atoms with Gasteiger partial charge >= 0.3 is 17.9 Å². The Kier molecular flexibility index (Phi) is 72.8. The molecule has 0 aliphatic rings. The average Bonchev–Trinajstić information content (AvgIpc) is 3.38. The number of carboxylic acids is 1. The van der Waals surface area contributed by atoms with Gasteiger partial charge in [-0.1, -0.05) is 371 Å². The molecular weight excluding hydrogens is 1150 g/mol. The molecule has 0 radical (unpaired) electrons. The number of esters is 2. The second kappa shape index (κ2) is 75.0. The van der Waals surface area contributed by atoms with Crippen molar-refractivity contribution in [2.45, 2.75) is 424 Å². The summed E-state index contributed by atoms with van der Waals surface area (Å²) in [5, 5.41) is 9.77. The van der Waals surface area contributed by atoms with Gasteiger partial charge in [-0.25, -0.2) is 4.79 Å². The van der Waals surface area contributed by atoms with E-state index in [0.29, 0.717) is 17.4 Å². The Morgan fingerprint density at radius 2 is 0.581 bits per heavy atom. The molecule has 0 aromatic rings. The molecule has 0 aliphatic carbocycles. The number of quaternary nitrogens is 1. The van der Waals surface area contributed by atoms with Crippen LogP contribution < -0.4 is 0 Å². The molecule has 0 aromatic heterocycles. The van der Waals surface area contributed by atoms with Crippen LogP contribution in [0.1, 0.15) is 412 Å². The van der Waals surface area contributed by atoms with Crippen LogP contribution in [0.15, 0.2) is 48.6 Å². The molecule has 0 aliphatic heterocycles. The Morgan fingerprint density at radius 1 is 0.323 bits per heavy atom. The fourth-order valence-electron chi connectivity index (χ4n) is 12.3. The van der Waals surface area contributed by atoms with Crippen molar-refractivity contribution in [1.82, 2.24) is 0 Å². The number of carboxylic acid groups (broad SMARTS) is 1. The van der Waals surface area contributed by atoms with Gasteiger partial charge in [-0.3, -0.25) is 9.59 Å². The van der Waals surface area contributed by atoms with Crippen LogP contribution in [0.5, 0.6) is 0 Å². The average molecular weight is 1310 g/mol. The first-order valence-corrected chi connectivity index (χ1v) is 40.8. The summed E-state index contributed by atoms with van der Waals surface area (Å²) in [4.78, 5) is 37.7. The number of carbonyl (C=O) groups excluding carboxylic acids is 2. The number of rotatable bonds is 77. The lowest BCUT2D eigenvalue weighted by Gasteiger charge is -2.25. The van der Waals surface area contributed by atoms with Gasteiger partial charge in [0.05, 0.1) is 34.4 Å². The van der Waals surface area contributed by atoms with Crippen molar-refractivity contribution in [3.05, 3.63) is 48.6 Å². The third-order valence-electron chi connectivity index (χ3n) is 18.6. The first-order valence-electron chi connectivity index (χ1n) is 40.8. The Balaban J connectivity index is 3.94. The predicted octanol–water partition coefficient (Wildman–Crippen LogP) is 26.0. The van der Waals surface area contributed by atoms with Crippen LogP contribution in [0.3, 0.4) is 0 Å². The zero-order chi connectivity index (χ0) is 67.5. The molecule has 546 valence electrons. The van der Waals surface area contributed by atoms with Crippen molar-refractivity contribution in [3.63, 3.8) is 0 Å². The van der Waals surface area contributed by atoms with Crippen molar-refractivity contribution in [2.75, 3.05) is 47.5 Å². The summed E-state index contributed by atoms with van der Waals surface area (Å²) in [5.74, 6) is -1.97. The predicted molar refractivity (Wildman–Crippen MR) is 401 cm³/mol. The van der Waals surface area contributed by atoms with Gasteiger partial charge in [0, 0.05) is 12.8 Å². The number of nitrogens with zero attached hydrogens (tertiary/aromatic N) is 1. The monoisotopic (exact) mass is 1310 g/mol. The van der Waals surface area contributed by atoms with Gasteiger partial charge in [0.15, 0.2) is 6.10 Å². The molecule has 0 amide bonds. The van der Waals surface area contributed by atoms with Gasteiger partial charge in [-0.2, -0.15) is 0 Å². The topological polar surface area (TPSA) is 108 Å². The summed E-state index contributed by atoms with van der Waals surface area (Å²) < 4.78 is 23.1. The lowest BCUT2D eigenvalue weighted by atomic mass is 10.0. The molecule has 2 atom stereocenters. The lowest BCUT2D eigenvalue weighted by molar-refractivity contribution is -0.870. The molecule has 9 nitrogen and oxygen atoms in total. The molecule has 0 fully saturated rings. The number of allylic oxidation sites excluding steroid dienone is 8. The lowest BCUT2D eigenvalue weighted by Crippen LogP contribution is -2.40. The summed E-state index contributed by atoms with van der Waals surface area (Å²) in [7, 11) is 6.00. The molecule has 1 N–H and O–H groups in total. The highest BCUT2D eigenvalue weighted by atomic mass is 16.7. The van der Waals surface area contributed by atoms with E-state index in [2.05, 4.69) is 62.5 Å². The van der Waals surface area contributed by atoms with E-state index in [1.807, 2.05) is 21.1 Å². The van der Waals surface area contributed by atoms with Crippen LogP contribution in [0.2, 0.25) is 0 Å². The molecule has 0 rings (SSSR count). The van der Waals surface area contributed by atoms with Crippen molar-refractivity contribution < 1.29 is 42.9 Å². The quantitative estimate of drug-likeness (QED) is 0.0211. The molecule has 0 saturated carbocycles. The van der Waals surface area contributed by atoms with Crippen LogP contribution in [0.25, 0.3) is 0 Å². The fraction of sp³-hybridized carbons (Fsp3) is 0.869.